The molecule has 5 atom stereocenters. The third kappa shape index (κ3) is 3.38. The number of halogens is 1. The molecule has 0 bridgehead atoms. The van der Waals surface area contributed by atoms with Gasteiger partial charge in [-0.3, -0.25) is 4.57 Å². The molecule has 2 aliphatic rings. The monoisotopic (exact) mass is 399 g/mol. The maximum Gasteiger partial charge on any atom is 0.167 e. The minimum absolute atomic E-state index is 0.139. The average Bonchev–Trinajstić information content (AvgIpc) is 3.20. The van der Waals surface area contributed by atoms with Crippen LogP contribution in [0.4, 0.5) is 5.82 Å². The van der Waals surface area contributed by atoms with E-state index in [2.05, 4.69) is 15.0 Å². The van der Waals surface area contributed by atoms with Gasteiger partial charge in [0, 0.05) is 12.4 Å². The van der Waals surface area contributed by atoms with Crippen LogP contribution in [0.15, 0.2) is 12.7 Å². The van der Waals surface area contributed by atoms with Crippen LogP contribution < -0.4 is 5.73 Å². The molecule has 1 unspecified atom stereocenters. The molecule has 0 saturated carbocycles. The molecule has 4 heterocycles. The van der Waals surface area contributed by atoms with Gasteiger partial charge in [0.05, 0.1) is 12.4 Å². The number of ether oxygens (including phenoxy) is 3. The second kappa shape index (κ2) is 7.85. The van der Waals surface area contributed by atoms with E-state index in [9.17, 15) is 0 Å². The molecule has 4 rings (SSSR count). The predicted molar refractivity (Wildman–Crippen MR) is 100 cm³/mol. The highest BCUT2D eigenvalue weighted by molar-refractivity contribution is 7.98. The van der Waals surface area contributed by atoms with Crippen LogP contribution in [0.3, 0.4) is 0 Å². The molecule has 2 N–H and O–H groups in total. The van der Waals surface area contributed by atoms with Gasteiger partial charge in [-0.2, -0.15) is 11.8 Å². The molecule has 0 spiro atoms. The Morgan fingerprint density at radius 3 is 3.04 bits per heavy atom. The zero-order chi connectivity index (χ0) is 18.1. The Hall–Kier alpha value is -1.13. The summed E-state index contributed by atoms with van der Waals surface area (Å²) in [6.07, 6.45) is 7.08. The van der Waals surface area contributed by atoms with Crippen LogP contribution in [0.25, 0.3) is 11.2 Å². The van der Waals surface area contributed by atoms with E-state index in [0.717, 1.165) is 31.6 Å². The molecule has 8 nitrogen and oxygen atoms in total. The lowest BCUT2D eigenvalue weighted by Gasteiger charge is -2.29. The van der Waals surface area contributed by atoms with Crippen molar-refractivity contribution in [2.24, 2.45) is 0 Å². The predicted octanol–water partition coefficient (Wildman–Crippen LogP) is 2.19. The topological polar surface area (TPSA) is 97.3 Å². The van der Waals surface area contributed by atoms with Crippen LogP contribution >= 0.6 is 23.4 Å². The first-order chi connectivity index (χ1) is 12.7. The van der Waals surface area contributed by atoms with E-state index in [1.165, 1.54) is 6.33 Å². The fraction of sp³-hybridized carbons (Fsp3) is 0.688. The molecular formula is C16H22ClN5O3S. The zero-order valence-electron chi connectivity index (χ0n) is 14.5. The molecule has 2 fully saturated rings. The summed E-state index contributed by atoms with van der Waals surface area (Å²) in [5, 5.41) is -0.397. The highest BCUT2D eigenvalue weighted by Gasteiger charge is 2.47. The summed E-state index contributed by atoms with van der Waals surface area (Å²) in [5.41, 5.74) is 7.03. The van der Waals surface area contributed by atoms with Crippen LogP contribution in [0.1, 0.15) is 25.5 Å². The smallest absolute Gasteiger partial charge is 0.167 e. The number of nitrogens with two attached hydrogens (primary N) is 1. The Kier molecular flexibility index (Phi) is 5.51. The van der Waals surface area contributed by atoms with Gasteiger partial charge in [-0.25, -0.2) is 15.0 Å². The second-order valence-electron chi connectivity index (χ2n) is 6.44. The van der Waals surface area contributed by atoms with Crippen LogP contribution in [0.5, 0.6) is 0 Å². The lowest BCUT2D eigenvalue weighted by atomic mass is 10.1. The van der Waals surface area contributed by atoms with E-state index in [4.69, 9.17) is 31.5 Å². The van der Waals surface area contributed by atoms with Gasteiger partial charge >= 0.3 is 0 Å². The summed E-state index contributed by atoms with van der Waals surface area (Å²) >= 11 is 8.48. The average molecular weight is 400 g/mol. The highest BCUT2D eigenvalue weighted by atomic mass is 35.5. The van der Waals surface area contributed by atoms with Gasteiger partial charge in [-0.05, 0) is 25.5 Å². The van der Waals surface area contributed by atoms with E-state index in [1.54, 1.807) is 18.1 Å². The van der Waals surface area contributed by atoms with E-state index in [1.807, 2.05) is 10.8 Å². The van der Waals surface area contributed by atoms with E-state index in [0.29, 0.717) is 17.0 Å². The summed E-state index contributed by atoms with van der Waals surface area (Å²) in [6, 6.07) is 0. The molecule has 2 aromatic heterocycles. The van der Waals surface area contributed by atoms with Crippen molar-refractivity contribution < 1.29 is 14.2 Å². The SMILES string of the molecule is CSC[C@H]1O[C@@H](n2cnc3c(N)ncnc32)[C@H](Cl)[C@@H]1OC1CCCCO1. The van der Waals surface area contributed by atoms with Crippen molar-refractivity contribution in [3.05, 3.63) is 12.7 Å². The summed E-state index contributed by atoms with van der Waals surface area (Å²) < 4.78 is 20.0. The van der Waals surface area contributed by atoms with Gasteiger partial charge in [0.1, 0.15) is 23.3 Å². The molecule has 0 amide bonds. The Bertz CT molecular complexity index is 757. The van der Waals surface area contributed by atoms with Crippen molar-refractivity contribution in [2.75, 3.05) is 24.3 Å². The number of imidazole rings is 1. The molecule has 0 radical (unpaired) electrons. The van der Waals surface area contributed by atoms with Gasteiger partial charge in [0.2, 0.25) is 0 Å². The Morgan fingerprint density at radius 2 is 2.27 bits per heavy atom. The number of nitrogen functional groups attached to an aromatic ring is 1. The lowest BCUT2D eigenvalue weighted by Crippen LogP contribution is -2.38. The molecule has 26 heavy (non-hydrogen) atoms. The number of anilines is 1. The second-order valence-corrected chi connectivity index (χ2v) is 7.86. The summed E-state index contributed by atoms with van der Waals surface area (Å²) in [4.78, 5) is 12.6. The van der Waals surface area contributed by atoms with Crippen LogP contribution in [0, 0.1) is 0 Å². The maximum atomic E-state index is 6.79. The molecule has 2 aliphatic heterocycles. The number of aromatic nitrogens is 4. The molecule has 10 heteroatoms. The van der Waals surface area contributed by atoms with Crippen molar-refractivity contribution in [2.45, 2.75) is 49.4 Å². The maximum absolute atomic E-state index is 6.79. The molecule has 142 valence electrons. The quantitative estimate of drug-likeness (QED) is 0.764. The minimum atomic E-state index is -0.443. The Balaban J connectivity index is 1.59. The Morgan fingerprint density at radius 1 is 1.38 bits per heavy atom. The molecule has 0 aromatic carbocycles. The number of hydrogen-bond donors (Lipinski definition) is 1. The highest BCUT2D eigenvalue weighted by Crippen LogP contribution is 2.39. The van der Waals surface area contributed by atoms with Crippen molar-refractivity contribution in [3.8, 4) is 0 Å². The minimum Gasteiger partial charge on any atom is -0.382 e. The summed E-state index contributed by atoms with van der Waals surface area (Å²) in [6.45, 7) is 0.726. The fourth-order valence-corrected chi connectivity index (χ4v) is 4.43. The Labute approximate surface area is 160 Å². The number of fused-ring (bicyclic) bond motifs is 1. The molecular weight excluding hydrogens is 378 g/mol. The first kappa shape index (κ1) is 18.2. The van der Waals surface area contributed by atoms with E-state index < -0.39 is 11.6 Å². The van der Waals surface area contributed by atoms with Gasteiger partial charge < -0.3 is 19.9 Å². The van der Waals surface area contributed by atoms with Crippen molar-refractivity contribution in [3.63, 3.8) is 0 Å². The van der Waals surface area contributed by atoms with Gasteiger partial charge in [-0.15, -0.1) is 11.6 Å². The van der Waals surface area contributed by atoms with E-state index in [-0.39, 0.29) is 18.5 Å². The number of thioether (sulfide) groups is 1. The number of hydrogen-bond acceptors (Lipinski definition) is 8. The third-order valence-electron chi connectivity index (χ3n) is 4.71. The van der Waals surface area contributed by atoms with Gasteiger partial charge in [0.15, 0.2) is 24.0 Å². The van der Waals surface area contributed by atoms with Crippen molar-refractivity contribution in [1.29, 1.82) is 0 Å². The summed E-state index contributed by atoms with van der Waals surface area (Å²) in [5.74, 6) is 1.11. The van der Waals surface area contributed by atoms with Crippen LogP contribution in [-0.4, -0.2) is 62.0 Å². The van der Waals surface area contributed by atoms with Crippen molar-refractivity contribution in [1.82, 2.24) is 19.5 Å². The molecule has 2 saturated heterocycles. The van der Waals surface area contributed by atoms with Gasteiger partial charge in [-0.1, -0.05) is 0 Å². The van der Waals surface area contributed by atoms with E-state index >= 15 is 0 Å². The zero-order valence-corrected chi connectivity index (χ0v) is 16.0. The standard InChI is InChI=1S/C16H22ClN5O3S/c1-26-6-9-13(25-10-4-2-3-5-23-10)11(17)16(24-9)22-8-21-12-14(18)19-7-20-15(12)22/h7-11,13,16H,2-6H2,1H3,(H2,18,19,20)/t9-,10?,11-,13-,16-/m1/s1. The number of nitrogens with zero attached hydrogens (tertiary/aromatic N) is 4. The number of rotatable bonds is 5. The number of alkyl halides is 1. The first-order valence-corrected chi connectivity index (χ1v) is 10.5. The fourth-order valence-electron chi connectivity index (χ4n) is 3.43. The van der Waals surface area contributed by atoms with Gasteiger partial charge in [0.25, 0.3) is 0 Å². The normalized spacial score (nSPS) is 32.3. The van der Waals surface area contributed by atoms with Crippen molar-refractivity contribution >= 4 is 40.3 Å². The summed E-state index contributed by atoms with van der Waals surface area (Å²) in [7, 11) is 0. The molecule has 2 aromatic rings. The van der Waals surface area contributed by atoms with Crippen LogP contribution in [0.2, 0.25) is 0 Å². The molecule has 0 aliphatic carbocycles. The largest absolute Gasteiger partial charge is 0.382 e. The first-order valence-electron chi connectivity index (χ1n) is 8.67. The third-order valence-corrected chi connectivity index (χ3v) is 5.83. The lowest BCUT2D eigenvalue weighted by molar-refractivity contribution is -0.194. The van der Waals surface area contributed by atoms with Crippen LogP contribution in [-0.2, 0) is 14.2 Å².